The third-order valence-corrected chi connectivity index (χ3v) is 3.32. The number of alkyl halides is 3. The molecule has 2 rings (SSSR count). The molecule has 0 bridgehead atoms. The third-order valence-electron chi connectivity index (χ3n) is 3.32. The monoisotopic (exact) mass is 300 g/mol. The zero-order valence-corrected chi connectivity index (χ0v) is 11.4. The Hall–Kier alpha value is -1.78. The number of hydrogen-bond acceptors (Lipinski definition) is 4. The van der Waals surface area contributed by atoms with Crippen LogP contribution in [0.4, 0.5) is 18.9 Å². The molecule has 7 heteroatoms. The minimum atomic E-state index is -4.57. The van der Waals surface area contributed by atoms with E-state index in [-0.39, 0.29) is 12.7 Å². The summed E-state index contributed by atoms with van der Waals surface area (Å²) < 4.78 is 44.4. The number of halogens is 3. The van der Waals surface area contributed by atoms with Crippen molar-refractivity contribution in [3.8, 4) is 6.07 Å². The van der Waals surface area contributed by atoms with Gasteiger partial charge in [-0.3, -0.25) is 0 Å². The Balaban J connectivity index is 2.34. The number of benzene rings is 1. The van der Waals surface area contributed by atoms with Gasteiger partial charge in [-0.05, 0) is 25.1 Å². The molecule has 2 unspecified atom stereocenters. The van der Waals surface area contributed by atoms with Crippen molar-refractivity contribution in [3.63, 3.8) is 0 Å². The Morgan fingerprint density at radius 1 is 1.43 bits per heavy atom. The molecule has 1 aromatic rings. The molecule has 1 aliphatic heterocycles. The lowest BCUT2D eigenvalue weighted by Gasteiger charge is -2.37. The Labute approximate surface area is 120 Å². The SMILES string of the molecule is CC1CN(c2ccc(C#N)c(C(F)(F)F)c2)CC(CO)O1. The van der Waals surface area contributed by atoms with E-state index in [9.17, 15) is 13.2 Å². The zero-order chi connectivity index (χ0) is 15.6. The van der Waals surface area contributed by atoms with Gasteiger partial charge in [0.05, 0.1) is 36.0 Å². The van der Waals surface area contributed by atoms with Gasteiger partial charge >= 0.3 is 6.18 Å². The zero-order valence-electron chi connectivity index (χ0n) is 11.4. The van der Waals surface area contributed by atoms with Gasteiger partial charge in [0.25, 0.3) is 0 Å². The molecule has 2 atom stereocenters. The van der Waals surface area contributed by atoms with E-state index in [0.29, 0.717) is 18.8 Å². The fourth-order valence-electron chi connectivity index (χ4n) is 2.42. The van der Waals surface area contributed by atoms with Crippen LogP contribution in [0.25, 0.3) is 0 Å². The maximum absolute atomic E-state index is 13.0. The van der Waals surface area contributed by atoms with Gasteiger partial charge in [0.1, 0.15) is 0 Å². The first-order valence-electron chi connectivity index (χ1n) is 6.47. The second-order valence-corrected chi connectivity index (χ2v) is 5.00. The molecule has 1 fully saturated rings. The van der Waals surface area contributed by atoms with Crippen LogP contribution in [0, 0.1) is 11.3 Å². The molecule has 21 heavy (non-hydrogen) atoms. The Kier molecular flexibility index (Phi) is 4.40. The first-order valence-corrected chi connectivity index (χ1v) is 6.47. The number of nitriles is 1. The number of ether oxygens (including phenoxy) is 1. The maximum Gasteiger partial charge on any atom is 0.417 e. The van der Waals surface area contributed by atoms with E-state index in [1.54, 1.807) is 17.9 Å². The van der Waals surface area contributed by atoms with Gasteiger partial charge in [-0.25, -0.2) is 0 Å². The number of rotatable bonds is 2. The average molecular weight is 300 g/mol. The van der Waals surface area contributed by atoms with Crippen molar-refractivity contribution in [2.24, 2.45) is 0 Å². The van der Waals surface area contributed by atoms with Gasteiger partial charge in [0, 0.05) is 18.8 Å². The van der Waals surface area contributed by atoms with Gasteiger partial charge < -0.3 is 14.7 Å². The van der Waals surface area contributed by atoms with E-state index in [2.05, 4.69) is 0 Å². The highest BCUT2D eigenvalue weighted by molar-refractivity contribution is 5.55. The van der Waals surface area contributed by atoms with Crippen LogP contribution in [-0.4, -0.2) is 37.0 Å². The number of nitrogens with zero attached hydrogens (tertiary/aromatic N) is 2. The van der Waals surface area contributed by atoms with Crippen molar-refractivity contribution in [1.82, 2.24) is 0 Å². The fourth-order valence-corrected chi connectivity index (χ4v) is 2.42. The second-order valence-electron chi connectivity index (χ2n) is 5.00. The Bertz CT molecular complexity index is 554. The molecular weight excluding hydrogens is 285 g/mol. The number of morpholine rings is 1. The summed E-state index contributed by atoms with van der Waals surface area (Å²) in [5, 5.41) is 18.0. The highest BCUT2D eigenvalue weighted by Crippen LogP contribution is 2.35. The predicted octanol–water partition coefficient (Wildman–Crippen LogP) is 2.16. The van der Waals surface area contributed by atoms with Gasteiger partial charge in [0.15, 0.2) is 0 Å². The Morgan fingerprint density at radius 2 is 2.14 bits per heavy atom. The molecule has 0 saturated carbocycles. The first-order chi connectivity index (χ1) is 9.85. The van der Waals surface area contributed by atoms with Crippen LogP contribution in [0.3, 0.4) is 0 Å². The van der Waals surface area contributed by atoms with Gasteiger partial charge in [0.2, 0.25) is 0 Å². The molecule has 0 amide bonds. The van der Waals surface area contributed by atoms with Crippen LogP contribution in [0.2, 0.25) is 0 Å². The summed E-state index contributed by atoms with van der Waals surface area (Å²) in [6.45, 7) is 2.34. The van der Waals surface area contributed by atoms with Crippen LogP contribution in [0.5, 0.6) is 0 Å². The lowest BCUT2D eigenvalue weighted by atomic mass is 10.1. The molecule has 0 spiro atoms. The smallest absolute Gasteiger partial charge is 0.394 e. The second kappa shape index (κ2) is 5.92. The van der Waals surface area contributed by atoms with E-state index in [0.717, 1.165) is 6.07 Å². The number of aliphatic hydroxyl groups is 1. The summed E-state index contributed by atoms with van der Waals surface area (Å²) >= 11 is 0. The molecule has 1 heterocycles. The van der Waals surface area contributed by atoms with Gasteiger partial charge in [-0.2, -0.15) is 18.4 Å². The van der Waals surface area contributed by atoms with Crippen molar-refractivity contribution in [2.75, 3.05) is 24.6 Å². The van der Waals surface area contributed by atoms with E-state index < -0.39 is 23.4 Å². The largest absolute Gasteiger partial charge is 0.417 e. The fraction of sp³-hybridized carbons (Fsp3) is 0.500. The molecule has 114 valence electrons. The average Bonchev–Trinajstić information content (AvgIpc) is 2.45. The summed E-state index contributed by atoms with van der Waals surface area (Å²) in [5.74, 6) is 0. The van der Waals surface area contributed by atoms with Crippen LogP contribution in [0.15, 0.2) is 18.2 Å². The van der Waals surface area contributed by atoms with E-state index in [1.807, 2.05) is 0 Å². The van der Waals surface area contributed by atoms with Crippen molar-refractivity contribution in [2.45, 2.75) is 25.3 Å². The Morgan fingerprint density at radius 3 is 2.71 bits per heavy atom. The van der Waals surface area contributed by atoms with Crippen molar-refractivity contribution >= 4 is 5.69 Å². The summed E-state index contributed by atoms with van der Waals surface area (Å²) in [6.07, 6.45) is -5.20. The van der Waals surface area contributed by atoms with Crippen LogP contribution >= 0.6 is 0 Å². The molecule has 0 radical (unpaired) electrons. The van der Waals surface area contributed by atoms with Gasteiger partial charge in [-0.15, -0.1) is 0 Å². The summed E-state index contributed by atoms with van der Waals surface area (Å²) in [7, 11) is 0. The summed E-state index contributed by atoms with van der Waals surface area (Å²) in [4.78, 5) is 1.73. The van der Waals surface area contributed by atoms with E-state index >= 15 is 0 Å². The normalized spacial score (nSPS) is 23.0. The predicted molar refractivity (Wildman–Crippen MR) is 69.8 cm³/mol. The lowest BCUT2D eigenvalue weighted by molar-refractivity contribution is -0.137. The molecular formula is C14H15F3N2O2. The summed E-state index contributed by atoms with van der Waals surface area (Å²) in [6, 6.07) is 5.19. The van der Waals surface area contributed by atoms with Crippen molar-refractivity contribution in [1.29, 1.82) is 5.26 Å². The number of anilines is 1. The molecule has 4 nitrogen and oxygen atoms in total. The quantitative estimate of drug-likeness (QED) is 0.909. The van der Waals surface area contributed by atoms with Crippen LogP contribution < -0.4 is 4.90 Å². The molecule has 1 aromatic carbocycles. The van der Waals surface area contributed by atoms with E-state index in [4.69, 9.17) is 15.1 Å². The van der Waals surface area contributed by atoms with Crippen LogP contribution in [-0.2, 0) is 10.9 Å². The highest BCUT2D eigenvalue weighted by atomic mass is 19.4. The van der Waals surface area contributed by atoms with Crippen molar-refractivity contribution < 1.29 is 23.0 Å². The highest BCUT2D eigenvalue weighted by Gasteiger charge is 2.35. The molecule has 1 aliphatic rings. The standard InChI is InChI=1S/C14H15F3N2O2/c1-9-6-19(7-12(8-20)21-9)11-3-2-10(5-18)13(4-11)14(15,16)17/h2-4,9,12,20H,6-8H2,1H3. The van der Waals surface area contributed by atoms with Gasteiger partial charge in [-0.1, -0.05) is 0 Å². The molecule has 1 saturated heterocycles. The minimum absolute atomic E-state index is 0.191. The minimum Gasteiger partial charge on any atom is -0.394 e. The topological polar surface area (TPSA) is 56.5 Å². The molecule has 0 aromatic heterocycles. The number of aliphatic hydroxyl groups excluding tert-OH is 1. The first kappa shape index (κ1) is 15.6. The summed E-state index contributed by atoms with van der Waals surface area (Å²) in [5.41, 5.74) is -0.969. The van der Waals surface area contributed by atoms with E-state index in [1.165, 1.54) is 12.1 Å². The molecule has 1 N–H and O–H groups in total. The maximum atomic E-state index is 13.0. The lowest BCUT2D eigenvalue weighted by Crippen LogP contribution is -2.48. The number of hydrogen-bond donors (Lipinski definition) is 1. The van der Waals surface area contributed by atoms with Crippen molar-refractivity contribution in [3.05, 3.63) is 29.3 Å². The molecule has 0 aliphatic carbocycles. The van der Waals surface area contributed by atoms with Crippen LogP contribution in [0.1, 0.15) is 18.1 Å². The third kappa shape index (κ3) is 3.46.